The third-order valence-corrected chi connectivity index (χ3v) is 4.06. The maximum Gasteiger partial charge on any atom is 0.257 e. The Hall–Kier alpha value is -2.69. The number of unbranched alkanes of at least 4 members (excludes halogenated alkanes) is 1. The summed E-state index contributed by atoms with van der Waals surface area (Å²) in [6.45, 7) is 8.97. The van der Waals surface area contributed by atoms with E-state index >= 15 is 0 Å². The van der Waals surface area contributed by atoms with E-state index in [-0.39, 0.29) is 17.2 Å². The van der Waals surface area contributed by atoms with Crippen LogP contribution in [-0.4, -0.2) is 23.3 Å². The molecule has 0 saturated heterocycles. The highest BCUT2D eigenvalue weighted by atomic mass is 16.2. The fourth-order valence-corrected chi connectivity index (χ4v) is 2.61. The van der Waals surface area contributed by atoms with Crippen LogP contribution < -0.4 is 10.6 Å². The topological polar surface area (TPSA) is 71.1 Å². The Kier molecular flexibility index (Phi) is 6.50. The molecule has 1 aromatic heterocycles. The van der Waals surface area contributed by atoms with E-state index in [1.54, 1.807) is 6.07 Å². The van der Waals surface area contributed by atoms with Crippen molar-refractivity contribution in [3.63, 3.8) is 0 Å². The number of pyridine rings is 1. The molecule has 138 valence electrons. The van der Waals surface area contributed by atoms with Gasteiger partial charge in [-0.3, -0.25) is 14.6 Å². The number of hydrogen-bond donors (Lipinski definition) is 2. The van der Waals surface area contributed by atoms with Gasteiger partial charge in [0.2, 0.25) is 0 Å². The number of anilines is 1. The smallest absolute Gasteiger partial charge is 0.257 e. The van der Waals surface area contributed by atoms with Gasteiger partial charge in [-0.25, -0.2) is 0 Å². The first-order valence-corrected chi connectivity index (χ1v) is 8.97. The number of nitrogens with zero attached hydrogens (tertiary/aromatic N) is 1. The minimum Gasteiger partial charge on any atom is -0.352 e. The molecule has 5 heteroatoms. The van der Waals surface area contributed by atoms with Crippen LogP contribution in [0.15, 0.2) is 42.7 Å². The summed E-state index contributed by atoms with van der Waals surface area (Å²) in [5.74, 6) is -0.493. The van der Waals surface area contributed by atoms with Crippen molar-refractivity contribution in [1.82, 2.24) is 10.3 Å². The van der Waals surface area contributed by atoms with E-state index in [9.17, 15) is 9.59 Å². The summed E-state index contributed by atoms with van der Waals surface area (Å²) in [7, 11) is 0. The van der Waals surface area contributed by atoms with Crippen LogP contribution in [0, 0.1) is 0 Å². The van der Waals surface area contributed by atoms with Gasteiger partial charge in [0.15, 0.2) is 0 Å². The minimum absolute atomic E-state index is 0.0941. The lowest BCUT2D eigenvalue weighted by Crippen LogP contribution is -2.25. The maximum absolute atomic E-state index is 12.6. The Balaban J connectivity index is 2.16. The number of benzene rings is 1. The Morgan fingerprint density at radius 1 is 1.04 bits per heavy atom. The number of rotatable bonds is 6. The Labute approximate surface area is 155 Å². The molecule has 2 amide bonds. The molecule has 2 N–H and O–H groups in total. The predicted octanol–water partition coefficient (Wildman–Crippen LogP) is 4.16. The normalized spacial score (nSPS) is 11.1. The number of carbonyl (C=O) groups is 2. The Morgan fingerprint density at radius 3 is 2.35 bits per heavy atom. The van der Waals surface area contributed by atoms with Gasteiger partial charge in [0, 0.05) is 24.6 Å². The third kappa shape index (κ3) is 5.15. The molecule has 0 saturated carbocycles. The van der Waals surface area contributed by atoms with Crippen molar-refractivity contribution in [2.45, 2.75) is 46.0 Å². The second kappa shape index (κ2) is 8.61. The summed E-state index contributed by atoms with van der Waals surface area (Å²) in [4.78, 5) is 28.8. The molecule has 0 atom stereocenters. The first kappa shape index (κ1) is 19.6. The molecule has 2 rings (SSSR count). The molecular formula is C21H27N3O2. The van der Waals surface area contributed by atoms with Crippen molar-refractivity contribution < 1.29 is 9.59 Å². The van der Waals surface area contributed by atoms with Gasteiger partial charge >= 0.3 is 0 Å². The molecule has 0 fully saturated rings. The summed E-state index contributed by atoms with van der Waals surface area (Å²) in [6.07, 6.45) is 4.87. The summed E-state index contributed by atoms with van der Waals surface area (Å²) in [5, 5.41) is 5.78. The van der Waals surface area contributed by atoms with Gasteiger partial charge in [0.05, 0.1) is 11.1 Å². The van der Waals surface area contributed by atoms with Crippen LogP contribution in [0.4, 0.5) is 5.69 Å². The standard InChI is InChI=1S/C21H27N3O2/c1-5-6-11-23-19(25)15-12-16(14-22-13-15)20(26)24-18-10-8-7-9-17(18)21(2,3)4/h7-10,12-14H,5-6,11H2,1-4H3,(H,23,25)(H,24,26). The second-order valence-corrected chi connectivity index (χ2v) is 7.32. The van der Waals surface area contributed by atoms with E-state index in [0.717, 1.165) is 24.1 Å². The molecule has 26 heavy (non-hydrogen) atoms. The number of amides is 2. The highest BCUT2D eigenvalue weighted by Crippen LogP contribution is 2.29. The molecule has 1 heterocycles. The van der Waals surface area contributed by atoms with Crippen molar-refractivity contribution in [2.75, 3.05) is 11.9 Å². The summed E-state index contributed by atoms with van der Waals surface area (Å²) in [5.41, 5.74) is 2.47. The SMILES string of the molecule is CCCCNC(=O)c1cncc(C(=O)Nc2ccccc2C(C)(C)C)c1. The predicted molar refractivity (Wildman–Crippen MR) is 105 cm³/mol. The average molecular weight is 353 g/mol. The summed E-state index contributed by atoms with van der Waals surface area (Å²) >= 11 is 0. The lowest BCUT2D eigenvalue weighted by Gasteiger charge is -2.23. The number of hydrogen-bond acceptors (Lipinski definition) is 3. The first-order valence-electron chi connectivity index (χ1n) is 8.97. The molecule has 1 aromatic carbocycles. The van der Waals surface area contributed by atoms with Crippen LogP contribution in [0.1, 0.15) is 66.8 Å². The highest BCUT2D eigenvalue weighted by Gasteiger charge is 2.19. The highest BCUT2D eigenvalue weighted by molar-refractivity contribution is 6.06. The van der Waals surface area contributed by atoms with E-state index in [4.69, 9.17) is 0 Å². The van der Waals surface area contributed by atoms with Gasteiger partial charge in [0.1, 0.15) is 0 Å². The zero-order valence-electron chi connectivity index (χ0n) is 15.9. The molecule has 0 aliphatic rings. The van der Waals surface area contributed by atoms with Crippen LogP contribution >= 0.6 is 0 Å². The van der Waals surface area contributed by atoms with Crippen molar-refractivity contribution in [1.29, 1.82) is 0 Å². The fraction of sp³-hybridized carbons (Fsp3) is 0.381. The molecule has 0 radical (unpaired) electrons. The number of nitrogens with one attached hydrogen (secondary N) is 2. The molecule has 0 spiro atoms. The van der Waals surface area contributed by atoms with Crippen molar-refractivity contribution in [2.24, 2.45) is 0 Å². The molecule has 0 aliphatic carbocycles. The van der Waals surface area contributed by atoms with Gasteiger partial charge in [-0.1, -0.05) is 52.3 Å². The molecule has 0 bridgehead atoms. The number of para-hydroxylation sites is 1. The lowest BCUT2D eigenvalue weighted by atomic mass is 9.86. The molecule has 0 unspecified atom stereocenters. The van der Waals surface area contributed by atoms with Crippen molar-refractivity contribution >= 4 is 17.5 Å². The monoisotopic (exact) mass is 353 g/mol. The number of aromatic nitrogens is 1. The van der Waals surface area contributed by atoms with Gasteiger partial charge in [-0.15, -0.1) is 0 Å². The zero-order valence-corrected chi connectivity index (χ0v) is 15.9. The second-order valence-electron chi connectivity index (χ2n) is 7.32. The Morgan fingerprint density at radius 2 is 1.69 bits per heavy atom. The third-order valence-electron chi connectivity index (χ3n) is 4.06. The quantitative estimate of drug-likeness (QED) is 0.766. The van der Waals surface area contributed by atoms with Crippen LogP contribution in [0.3, 0.4) is 0 Å². The zero-order chi connectivity index (χ0) is 19.2. The van der Waals surface area contributed by atoms with E-state index in [2.05, 4.69) is 43.3 Å². The Bertz CT molecular complexity index is 779. The van der Waals surface area contributed by atoms with Crippen LogP contribution in [0.25, 0.3) is 0 Å². The van der Waals surface area contributed by atoms with Gasteiger partial charge in [-0.05, 0) is 29.5 Å². The van der Waals surface area contributed by atoms with E-state index < -0.39 is 0 Å². The molecular weight excluding hydrogens is 326 g/mol. The molecule has 0 aliphatic heterocycles. The van der Waals surface area contributed by atoms with E-state index in [1.165, 1.54) is 12.4 Å². The van der Waals surface area contributed by atoms with Crippen LogP contribution in [-0.2, 0) is 5.41 Å². The van der Waals surface area contributed by atoms with Crippen LogP contribution in [0.5, 0.6) is 0 Å². The number of carbonyl (C=O) groups excluding carboxylic acids is 2. The van der Waals surface area contributed by atoms with Crippen molar-refractivity contribution in [3.05, 3.63) is 59.4 Å². The maximum atomic E-state index is 12.6. The minimum atomic E-state index is -0.280. The summed E-state index contributed by atoms with van der Waals surface area (Å²) < 4.78 is 0. The molecule has 2 aromatic rings. The summed E-state index contributed by atoms with van der Waals surface area (Å²) in [6, 6.07) is 9.31. The largest absolute Gasteiger partial charge is 0.352 e. The van der Waals surface area contributed by atoms with Gasteiger partial charge in [0.25, 0.3) is 11.8 Å². The van der Waals surface area contributed by atoms with Crippen LogP contribution in [0.2, 0.25) is 0 Å². The van der Waals surface area contributed by atoms with E-state index in [1.807, 2.05) is 24.3 Å². The van der Waals surface area contributed by atoms with E-state index in [0.29, 0.717) is 17.7 Å². The van der Waals surface area contributed by atoms with Gasteiger partial charge < -0.3 is 10.6 Å². The lowest BCUT2D eigenvalue weighted by molar-refractivity contribution is 0.0953. The van der Waals surface area contributed by atoms with Gasteiger partial charge in [-0.2, -0.15) is 0 Å². The first-order chi connectivity index (χ1) is 12.3. The fourth-order valence-electron chi connectivity index (χ4n) is 2.61. The molecule has 5 nitrogen and oxygen atoms in total. The average Bonchev–Trinajstić information content (AvgIpc) is 2.61. The van der Waals surface area contributed by atoms with Crippen molar-refractivity contribution in [3.8, 4) is 0 Å².